The standard InChI is InChI=1S/C13H13ClN2O/c1-2-10-7-6-9-4-3-5-11(13(9)15-10)16-12(17)8-14/h3-7H,2,8H2,1H3,(H,16,17). The first kappa shape index (κ1) is 11.9. The van der Waals surface area contributed by atoms with Gasteiger partial charge in [-0.15, -0.1) is 11.6 Å². The number of fused-ring (bicyclic) bond motifs is 1. The summed E-state index contributed by atoms with van der Waals surface area (Å²) in [6.45, 7) is 2.05. The maximum atomic E-state index is 11.3. The highest BCUT2D eigenvalue weighted by atomic mass is 35.5. The summed E-state index contributed by atoms with van der Waals surface area (Å²) in [4.78, 5) is 15.8. The number of anilines is 1. The quantitative estimate of drug-likeness (QED) is 0.849. The van der Waals surface area contributed by atoms with Gasteiger partial charge in [0.05, 0.1) is 11.2 Å². The van der Waals surface area contributed by atoms with E-state index in [-0.39, 0.29) is 11.8 Å². The number of alkyl halides is 1. The van der Waals surface area contributed by atoms with Gasteiger partial charge in [-0.3, -0.25) is 9.78 Å². The fourth-order valence-electron chi connectivity index (χ4n) is 1.67. The van der Waals surface area contributed by atoms with Crippen molar-refractivity contribution in [2.45, 2.75) is 13.3 Å². The molecule has 0 aliphatic rings. The van der Waals surface area contributed by atoms with Crippen LogP contribution in [0.4, 0.5) is 5.69 Å². The van der Waals surface area contributed by atoms with Gasteiger partial charge >= 0.3 is 0 Å². The Morgan fingerprint density at radius 1 is 1.35 bits per heavy atom. The van der Waals surface area contributed by atoms with Crippen LogP contribution >= 0.6 is 11.6 Å². The Kier molecular flexibility index (Phi) is 3.59. The van der Waals surface area contributed by atoms with Crippen molar-refractivity contribution in [1.82, 2.24) is 4.98 Å². The number of aromatic nitrogens is 1. The molecule has 0 spiro atoms. The van der Waals surface area contributed by atoms with Crippen molar-refractivity contribution in [3.63, 3.8) is 0 Å². The summed E-state index contributed by atoms with van der Waals surface area (Å²) in [5.74, 6) is -0.271. The number of amides is 1. The molecule has 1 aromatic heterocycles. The monoisotopic (exact) mass is 248 g/mol. The van der Waals surface area contributed by atoms with Crippen LogP contribution in [0.1, 0.15) is 12.6 Å². The van der Waals surface area contributed by atoms with Crippen molar-refractivity contribution in [3.05, 3.63) is 36.0 Å². The number of carbonyl (C=O) groups is 1. The van der Waals surface area contributed by atoms with E-state index in [1.165, 1.54) is 0 Å². The van der Waals surface area contributed by atoms with E-state index < -0.39 is 0 Å². The highest BCUT2D eigenvalue weighted by molar-refractivity contribution is 6.29. The molecule has 2 rings (SSSR count). The van der Waals surface area contributed by atoms with Crippen LogP contribution < -0.4 is 5.32 Å². The van der Waals surface area contributed by atoms with Crippen LogP contribution in [0.5, 0.6) is 0 Å². The van der Waals surface area contributed by atoms with Gasteiger partial charge in [0.25, 0.3) is 0 Å². The van der Waals surface area contributed by atoms with Crippen LogP contribution in [0.25, 0.3) is 10.9 Å². The molecule has 4 heteroatoms. The number of benzene rings is 1. The van der Waals surface area contributed by atoms with E-state index in [0.717, 1.165) is 23.0 Å². The number of para-hydroxylation sites is 1. The zero-order valence-corrected chi connectivity index (χ0v) is 10.3. The number of hydrogen-bond acceptors (Lipinski definition) is 2. The third-order valence-corrected chi connectivity index (χ3v) is 2.78. The fraction of sp³-hybridized carbons (Fsp3) is 0.231. The van der Waals surface area contributed by atoms with Gasteiger partial charge in [-0.25, -0.2) is 0 Å². The molecule has 0 atom stereocenters. The molecule has 88 valence electrons. The van der Waals surface area contributed by atoms with Gasteiger partial charge in [0, 0.05) is 11.1 Å². The molecule has 1 aromatic carbocycles. The number of halogens is 1. The van der Waals surface area contributed by atoms with Crippen LogP contribution in [-0.4, -0.2) is 16.8 Å². The van der Waals surface area contributed by atoms with Crippen molar-refractivity contribution in [2.75, 3.05) is 11.2 Å². The number of pyridine rings is 1. The molecule has 0 aliphatic carbocycles. The zero-order valence-electron chi connectivity index (χ0n) is 9.53. The SMILES string of the molecule is CCc1ccc2cccc(NC(=O)CCl)c2n1. The van der Waals surface area contributed by atoms with Crippen molar-refractivity contribution in [2.24, 2.45) is 0 Å². The second-order valence-corrected chi connectivity index (χ2v) is 3.98. The lowest BCUT2D eigenvalue weighted by Gasteiger charge is -2.07. The molecule has 0 bridgehead atoms. The Hall–Kier alpha value is -1.61. The zero-order chi connectivity index (χ0) is 12.3. The Balaban J connectivity index is 2.50. The maximum absolute atomic E-state index is 11.3. The Labute approximate surface area is 105 Å². The molecule has 3 nitrogen and oxygen atoms in total. The summed E-state index contributed by atoms with van der Waals surface area (Å²) in [6, 6.07) is 9.70. The van der Waals surface area contributed by atoms with E-state index in [0.29, 0.717) is 5.69 Å². The highest BCUT2D eigenvalue weighted by Crippen LogP contribution is 2.22. The first-order valence-electron chi connectivity index (χ1n) is 5.49. The Morgan fingerprint density at radius 2 is 2.18 bits per heavy atom. The van der Waals surface area contributed by atoms with Gasteiger partial charge in [0.1, 0.15) is 5.88 Å². The van der Waals surface area contributed by atoms with Crippen LogP contribution in [0, 0.1) is 0 Å². The summed E-state index contributed by atoms with van der Waals surface area (Å²) in [6.07, 6.45) is 0.869. The highest BCUT2D eigenvalue weighted by Gasteiger charge is 2.06. The average molecular weight is 249 g/mol. The van der Waals surface area contributed by atoms with Crippen LogP contribution in [0.15, 0.2) is 30.3 Å². The predicted molar refractivity (Wildman–Crippen MR) is 70.5 cm³/mol. The van der Waals surface area contributed by atoms with Gasteiger partial charge in [-0.2, -0.15) is 0 Å². The first-order chi connectivity index (χ1) is 8.24. The lowest BCUT2D eigenvalue weighted by Crippen LogP contribution is -2.13. The lowest BCUT2D eigenvalue weighted by atomic mass is 10.1. The summed E-state index contributed by atoms with van der Waals surface area (Å²) in [7, 11) is 0. The third-order valence-electron chi connectivity index (χ3n) is 2.54. The van der Waals surface area contributed by atoms with Gasteiger partial charge in [-0.05, 0) is 18.6 Å². The van der Waals surface area contributed by atoms with Gasteiger partial charge < -0.3 is 5.32 Å². The summed E-state index contributed by atoms with van der Waals surface area (Å²) in [5.41, 5.74) is 2.53. The Bertz CT molecular complexity index is 554. The molecule has 0 fully saturated rings. The molecule has 17 heavy (non-hydrogen) atoms. The van der Waals surface area contributed by atoms with E-state index in [2.05, 4.69) is 10.3 Å². The van der Waals surface area contributed by atoms with Crippen LogP contribution in [0.3, 0.4) is 0 Å². The Morgan fingerprint density at radius 3 is 2.88 bits per heavy atom. The van der Waals surface area contributed by atoms with Crippen LogP contribution in [-0.2, 0) is 11.2 Å². The van der Waals surface area contributed by atoms with Gasteiger partial charge in [0.2, 0.25) is 5.91 Å². The predicted octanol–water partition coefficient (Wildman–Crippen LogP) is 2.97. The topological polar surface area (TPSA) is 42.0 Å². The van der Waals surface area contributed by atoms with E-state index in [1.54, 1.807) is 0 Å². The summed E-state index contributed by atoms with van der Waals surface area (Å²) in [5, 5.41) is 3.76. The minimum Gasteiger partial charge on any atom is -0.323 e. The van der Waals surface area contributed by atoms with Gasteiger partial charge in [-0.1, -0.05) is 25.1 Å². The molecular formula is C13H13ClN2O. The minimum absolute atomic E-state index is 0.0517. The van der Waals surface area contributed by atoms with Gasteiger partial charge in [0.15, 0.2) is 0 Å². The lowest BCUT2D eigenvalue weighted by molar-refractivity contribution is -0.113. The molecule has 0 unspecified atom stereocenters. The number of aryl methyl sites for hydroxylation is 1. The minimum atomic E-state index is -0.220. The normalized spacial score (nSPS) is 10.5. The molecule has 0 saturated heterocycles. The number of hydrogen-bond donors (Lipinski definition) is 1. The van der Waals surface area contributed by atoms with E-state index in [9.17, 15) is 4.79 Å². The molecule has 0 saturated carbocycles. The second-order valence-electron chi connectivity index (χ2n) is 3.72. The summed E-state index contributed by atoms with van der Waals surface area (Å²) < 4.78 is 0. The number of nitrogens with one attached hydrogen (secondary N) is 1. The molecule has 2 aromatic rings. The van der Waals surface area contributed by atoms with Crippen molar-refractivity contribution in [3.8, 4) is 0 Å². The second kappa shape index (κ2) is 5.15. The van der Waals surface area contributed by atoms with Crippen LogP contribution in [0.2, 0.25) is 0 Å². The average Bonchev–Trinajstić information content (AvgIpc) is 2.38. The molecule has 1 N–H and O–H groups in total. The van der Waals surface area contributed by atoms with E-state index in [1.807, 2.05) is 37.3 Å². The fourth-order valence-corrected chi connectivity index (χ4v) is 1.74. The number of nitrogens with zero attached hydrogens (tertiary/aromatic N) is 1. The molecular weight excluding hydrogens is 236 g/mol. The molecule has 1 amide bonds. The summed E-state index contributed by atoms with van der Waals surface area (Å²) >= 11 is 5.48. The smallest absolute Gasteiger partial charge is 0.239 e. The maximum Gasteiger partial charge on any atom is 0.239 e. The van der Waals surface area contributed by atoms with Crippen molar-refractivity contribution < 1.29 is 4.79 Å². The number of carbonyl (C=O) groups excluding carboxylic acids is 1. The first-order valence-corrected chi connectivity index (χ1v) is 6.02. The molecule has 0 aliphatic heterocycles. The largest absolute Gasteiger partial charge is 0.323 e. The van der Waals surface area contributed by atoms with Crippen molar-refractivity contribution >= 4 is 34.1 Å². The third kappa shape index (κ3) is 2.56. The molecule has 0 radical (unpaired) electrons. The van der Waals surface area contributed by atoms with E-state index in [4.69, 9.17) is 11.6 Å². The van der Waals surface area contributed by atoms with E-state index >= 15 is 0 Å². The molecule has 1 heterocycles. The number of rotatable bonds is 3. The van der Waals surface area contributed by atoms with Crippen molar-refractivity contribution in [1.29, 1.82) is 0 Å².